The van der Waals surface area contributed by atoms with Crippen molar-refractivity contribution in [2.75, 3.05) is 82.7 Å². The van der Waals surface area contributed by atoms with E-state index >= 15 is 0 Å². The van der Waals surface area contributed by atoms with Crippen molar-refractivity contribution < 1.29 is 46.9 Å². The van der Waals surface area contributed by atoms with Gasteiger partial charge < -0.3 is 40.0 Å². The Kier molecular flexibility index (Phi) is 19.4. The van der Waals surface area contributed by atoms with Gasteiger partial charge in [-0.1, -0.05) is 24.3 Å². The molecule has 0 saturated carbocycles. The Labute approximate surface area is 346 Å². The fourth-order valence-corrected chi connectivity index (χ4v) is 7.00. The highest BCUT2D eigenvalue weighted by molar-refractivity contribution is 7.89. The molecule has 318 valence electrons. The molecule has 0 bridgehead atoms. The molecule has 3 aromatic carbocycles. The average Bonchev–Trinajstić information content (AvgIpc) is 3.23. The maximum atomic E-state index is 13.5. The van der Waals surface area contributed by atoms with Crippen molar-refractivity contribution in [3.05, 3.63) is 107 Å². The molecule has 0 radical (unpaired) electrons. The summed E-state index contributed by atoms with van der Waals surface area (Å²) < 4.78 is 49.6. The van der Waals surface area contributed by atoms with E-state index in [0.717, 1.165) is 42.7 Å². The van der Waals surface area contributed by atoms with E-state index < -0.39 is 21.9 Å². The zero-order chi connectivity index (χ0) is 42.5. The summed E-state index contributed by atoms with van der Waals surface area (Å²) in [6.45, 7) is 8.82. The van der Waals surface area contributed by atoms with Crippen LogP contribution in [-0.2, 0) is 46.6 Å². The molecule has 5 N–H and O–H groups in total. The highest BCUT2D eigenvalue weighted by Crippen LogP contribution is 2.32. The minimum Gasteiger partial charge on any atom is -0.481 e. The minimum atomic E-state index is -3.70. The smallest absolute Gasteiger partial charge is 0.303 e. The topological polar surface area (TPSA) is 209 Å². The molecule has 0 aliphatic rings. The third-order valence-corrected chi connectivity index (χ3v) is 10.6. The number of ether oxygens (including phenoxy) is 4. The van der Waals surface area contributed by atoms with Crippen molar-refractivity contribution in [2.24, 2.45) is 5.73 Å². The number of hydrogen-bond donors (Lipinski definition) is 4. The number of primary amides is 1. The summed E-state index contributed by atoms with van der Waals surface area (Å²) in [6.07, 6.45) is 3.33. The third-order valence-electron chi connectivity index (χ3n) is 9.16. The van der Waals surface area contributed by atoms with Crippen molar-refractivity contribution in [1.29, 1.82) is 0 Å². The first-order valence-corrected chi connectivity index (χ1v) is 21.2. The molecule has 4 aromatic rings. The standard InChI is InChI=1S/C43H55N5O10S/c1-3-48(4-2)36-13-16-39(38(31-36)40-30-34(42(44)51)18-19-45-40)47-43(52)35-9-5-7-33(29-35)8-6-21-55-23-25-57-27-28-58-26-24-56-22-20-46-59(53,54)37-14-10-32(11-15-37)12-17-41(49)50/h5,7,9-11,13-16,18-19,29-31,46H,3-4,6,8,12,17,20-28H2,1-2H3,(H2,44,51)(H,47,52)(H,49,50). The number of pyridine rings is 1. The van der Waals surface area contributed by atoms with Gasteiger partial charge in [0.2, 0.25) is 15.9 Å². The first-order chi connectivity index (χ1) is 28.5. The summed E-state index contributed by atoms with van der Waals surface area (Å²) in [6, 6.07) is 22.6. The summed E-state index contributed by atoms with van der Waals surface area (Å²) in [5, 5.41) is 11.8. The minimum absolute atomic E-state index is 0.0180. The molecule has 0 spiro atoms. The summed E-state index contributed by atoms with van der Waals surface area (Å²) >= 11 is 0. The SMILES string of the molecule is CCN(CC)c1ccc(NC(=O)c2cccc(CCCOCCOCCOCCOCCNS(=O)(=O)c3ccc(CCC(=O)O)cc3)c2)c(-c2cc(C(N)=O)ccn2)c1. The van der Waals surface area contributed by atoms with Crippen LogP contribution < -0.4 is 20.7 Å². The van der Waals surface area contributed by atoms with Crippen molar-refractivity contribution in [2.45, 2.75) is 44.4 Å². The fraction of sp³-hybridized carbons (Fsp3) is 0.395. The van der Waals surface area contributed by atoms with Gasteiger partial charge in [-0.25, -0.2) is 13.1 Å². The normalized spacial score (nSPS) is 11.4. The molecule has 0 atom stereocenters. The summed E-state index contributed by atoms with van der Waals surface area (Å²) in [5.41, 5.74) is 10.9. The van der Waals surface area contributed by atoms with Crippen molar-refractivity contribution in [3.8, 4) is 11.3 Å². The van der Waals surface area contributed by atoms with Crippen LogP contribution in [0.25, 0.3) is 11.3 Å². The van der Waals surface area contributed by atoms with Gasteiger partial charge in [0.05, 0.1) is 62.5 Å². The molecule has 4 rings (SSSR count). The Balaban J connectivity index is 1.07. The molecule has 1 heterocycles. The van der Waals surface area contributed by atoms with E-state index in [2.05, 4.69) is 33.8 Å². The second kappa shape index (κ2) is 24.6. The number of carbonyl (C=O) groups excluding carboxylic acids is 2. The molecule has 0 saturated heterocycles. The average molecular weight is 834 g/mol. The molecule has 0 aliphatic heterocycles. The van der Waals surface area contributed by atoms with Gasteiger partial charge in [0, 0.05) is 61.2 Å². The number of sulfonamides is 1. The molecule has 0 unspecified atom stereocenters. The number of aryl methyl sites for hydroxylation is 2. The second-order valence-corrected chi connectivity index (χ2v) is 15.1. The number of nitrogens with one attached hydrogen (secondary N) is 2. The zero-order valence-corrected chi connectivity index (χ0v) is 34.5. The van der Waals surface area contributed by atoms with Crippen LogP contribution in [-0.4, -0.2) is 109 Å². The number of benzene rings is 3. The van der Waals surface area contributed by atoms with Gasteiger partial charge in [0.15, 0.2) is 0 Å². The lowest BCUT2D eigenvalue weighted by molar-refractivity contribution is -0.136. The zero-order valence-electron chi connectivity index (χ0n) is 33.7. The summed E-state index contributed by atoms with van der Waals surface area (Å²) in [4.78, 5) is 42.8. The Morgan fingerprint density at radius 2 is 1.41 bits per heavy atom. The maximum Gasteiger partial charge on any atom is 0.303 e. The third kappa shape index (κ3) is 15.8. The number of carboxylic acids is 1. The molecule has 0 fully saturated rings. The quantitative estimate of drug-likeness (QED) is 0.0562. The monoisotopic (exact) mass is 833 g/mol. The molecular formula is C43H55N5O10S. The van der Waals surface area contributed by atoms with Gasteiger partial charge in [-0.15, -0.1) is 0 Å². The van der Waals surface area contributed by atoms with Crippen molar-refractivity contribution in [1.82, 2.24) is 9.71 Å². The number of nitrogens with two attached hydrogens (primary N) is 1. The number of nitrogens with zero attached hydrogens (tertiary/aromatic N) is 2. The van der Waals surface area contributed by atoms with Gasteiger partial charge >= 0.3 is 5.97 Å². The number of rotatable bonds is 28. The fourth-order valence-electron chi connectivity index (χ4n) is 5.99. The summed E-state index contributed by atoms with van der Waals surface area (Å²) in [5.74, 6) is -1.73. The van der Waals surface area contributed by atoms with Gasteiger partial charge in [0.25, 0.3) is 5.91 Å². The van der Waals surface area contributed by atoms with E-state index in [9.17, 15) is 22.8 Å². The van der Waals surface area contributed by atoms with E-state index in [-0.39, 0.29) is 30.4 Å². The molecular weight excluding hydrogens is 779 g/mol. The largest absolute Gasteiger partial charge is 0.481 e. The van der Waals surface area contributed by atoms with E-state index in [1.165, 1.54) is 18.3 Å². The first-order valence-electron chi connectivity index (χ1n) is 19.7. The van der Waals surface area contributed by atoms with Gasteiger partial charge in [-0.2, -0.15) is 0 Å². The molecule has 16 heteroatoms. The number of anilines is 2. The van der Waals surface area contributed by atoms with E-state index in [0.29, 0.717) is 80.7 Å². The van der Waals surface area contributed by atoms with Crippen LogP contribution in [0.2, 0.25) is 0 Å². The van der Waals surface area contributed by atoms with Crippen LogP contribution in [0.3, 0.4) is 0 Å². The first kappa shape index (κ1) is 46.5. The van der Waals surface area contributed by atoms with E-state index in [4.69, 9.17) is 29.8 Å². The van der Waals surface area contributed by atoms with Crippen LogP contribution in [0.5, 0.6) is 0 Å². The van der Waals surface area contributed by atoms with Crippen LogP contribution in [0.15, 0.2) is 90.0 Å². The Morgan fingerprint density at radius 3 is 2.05 bits per heavy atom. The molecule has 2 amide bonds. The molecule has 0 aliphatic carbocycles. The van der Waals surface area contributed by atoms with Crippen molar-refractivity contribution in [3.63, 3.8) is 0 Å². The summed E-state index contributed by atoms with van der Waals surface area (Å²) in [7, 11) is -3.70. The highest BCUT2D eigenvalue weighted by Gasteiger charge is 2.16. The Bertz CT molecular complexity index is 2060. The Hall–Kier alpha value is -5.23. The number of carbonyl (C=O) groups is 3. The van der Waals surface area contributed by atoms with E-state index in [1.807, 2.05) is 36.4 Å². The van der Waals surface area contributed by atoms with Crippen LogP contribution in [0, 0.1) is 0 Å². The lowest BCUT2D eigenvalue weighted by Gasteiger charge is -2.23. The predicted octanol–water partition coefficient (Wildman–Crippen LogP) is 4.94. The molecule has 15 nitrogen and oxygen atoms in total. The predicted molar refractivity (Wildman–Crippen MR) is 225 cm³/mol. The maximum absolute atomic E-state index is 13.5. The molecule has 59 heavy (non-hydrogen) atoms. The van der Waals surface area contributed by atoms with Gasteiger partial charge in [-0.3, -0.25) is 19.4 Å². The number of hydrogen-bond acceptors (Lipinski definition) is 11. The molecule has 1 aromatic heterocycles. The lowest BCUT2D eigenvalue weighted by Crippen LogP contribution is -2.28. The highest BCUT2D eigenvalue weighted by atomic mass is 32.2. The number of aliphatic carboxylic acids is 1. The van der Waals surface area contributed by atoms with Crippen LogP contribution in [0.1, 0.15) is 58.5 Å². The van der Waals surface area contributed by atoms with Gasteiger partial charge in [0.1, 0.15) is 0 Å². The number of aromatic nitrogens is 1. The van der Waals surface area contributed by atoms with Crippen LogP contribution >= 0.6 is 0 Å². The van der Waals surface area contributed by atoms with Gasteiger partial charge in [-0.05, 0) is 98.8 Å². The number of carboxylic acid groups (broad SMARTS) is 1. The van der Waals surface area contributed by atoms with E-state index in [1.54, 1.807) is 30.3 Å². The Morgan fingerprint density at radius 1 is 0.746 bits per heavy atom. The van der Waals surface area contributed by atoms with Crippen molar-refractivity contribution >= 4 is 39.2 Å². The van der Waals surface area contributed by atoms with Crippen LogP contribution in [0.4, 0.5) is 11.4 Å². The second-order valence-electron chi connectivity index (χ2n) is 13.3. The lowest BCUT2D eigenvalue weighted by atomic mass is 10.0. The number of amides is 2.